The van der Waals surface area contributed by atoms with Crippen LogP contribution in [0.5, 0.6) is 0 Å². The van der Waals surface area contributed by atoms with Crippen molar-refractivity contribution >= 4 is 64.9 Å². The molecule has 0 spiro atoms. The Morgan fingerprint density at radius 3 is 1.41 bits per heavy atom. The maximum atomic E-state index is 15.1. The number of carbonyl (C=O) groups is 11. The van der Waals surface area contributed by atoms with E-state index < -0.39 is 150 Å². The van der Waals surface area contributed by atoms with E-state index in [0.29, 0.717) is 6.42 Å². The molecule has 1 heterocycles. The third-order valence-corrected chi connectivity index (χ3v) is 16.3. The van der Waals surface area contributed by atoms with Crippen LogP contribution < -0.4 is 21.3 Å². The predicted octanol–water partition coefficient (Wildman–Crippen LogP) is 3.31. The Kier molecular flexibility index (Phi) is 32.4. The summed E-state index contributed by atoms with van der Waals surface area (Å²) in [6.07, 6.45) is 3.29. The fourth-order valence-electron chi connectivity index (χ4n) is 10.9. The molecule has 10 amide bonds. The second kappa shape index (κ2) is 35.7. The van der Waals surface area contributed by atoms with Gasteiger partial charge < -0.3 is 55.8 Å². The van der Waals surface area contributed by atoms with Crippen LogP contribution in [0.2, 0.25) is 0 Å². The number of nitrogens with zero attached hydrogens (tertiary/aromatic N) is 7. The van der Waals surface area contributed by atoms with Gasteiger partial charge >= 0.3 is 0 Å². The van der Waals surface area contributed by atoms with E-state index in [2.05, 4.69) is 21.3 Å². The van der Waals surface area contributed by atoms with Gasteiger partial charge in [0.1, 0.15) is 48.3 Å². The SMILES string of the molecule is CC=CCC(C)C(O)C1C(=O)NC(CC)C(=O)N(C)CC(=O)N(C)C(CC(C)C)C(=O)NC(C(C)C)C(=O)N(C)C(CC(C)C)C(=O)NC(C)C(=O)NC(C)C(=O)N(C)C(CC(C)C)C(=O)CN(C)C(CC(C)C)C(=O)N(C)C(C(C)C)C(=O)N1C. The van der Waals surface area contributed by atoms with Gasteiger partial charge in [-0.3, -0.25) is 57.6 Å². The summed E-state index contributed by atoms with van der Waals surface area (Å²) in [5.41, 5.74) is 0. The largest absolute Gasteiger partial charge is 0.390 e. The fraction of sp³-hybridized carbons (Fsp3) is 0.794. The Morgan fingerprint density at radius 1 is 0.477 bits per heavy atom. The van der Waals surface area contributed by atoms with Crippen molar-refractivity contribution in [3.8, 4) is 0 Å². The van der Waals surface area contributed by atoms with Crippen molar-refractivity contribution in [3.05, 3.63) is 12.2 Å². The Balaban J connectivity index is 4.27. The van der Waals surface area contributed by atoms with Crippen molar-refractivity contribution in [2.45, 2.75) is 223 Å². The molecule has 1 rings (SSSR count). The molecule has 492 valence electrons. The Morgan fingerprint density at radius 2 is 0.930 bits per heavy atom. The maximum Gasteiger partial charge on any atom is 0.246 e. The van der Waals surface area contributed by atoms with E-state index in [1.807, 2.05) is 61.5 Å². The Hall–Kier alpha value is -5.97. The van der Waals surface area contributed by atoms with Crippen LogP contribution in [0, 0.1) is 41.4 Å². The number of aliphatic hydroxyl groups is 1. The van der Waals surface area contributed by atoms with Gasteiger partial charge in [-0.25, -0.2) is 0 Å². The monoisotopic (exact) mass is 1220 g/mol. The summed E-state index contributed by atoms with van der Waals surface area (Å²) >= 11 is 0. The lowest BCUT2D eigenvalue weighted by molar-refractivity contribution is -0.155. The summed E-state index contributed by atoms with van der Waals surface area (Å²) in [5, 5.41) is 23.1. The van der Waals surface area contributed by atoms with E-state index in [1.165, 1.54) is 75.7 Å². The van der Waals surface area contributed by atoms with Crippen LogP contribution in [0.3, 0.4) is 0 Å². The highest BCUT2D eigenvalue weighted by Crippen LogP contribution is 2.25. The van der Waals surface area contributed by atoms with Crippen LogP contribution in [0.4, 0.5) is 0 Å². The zero-order chi connectivity index (χ0) is 66.7. The lowest BCUT2D eigenvalue weighted by atomic mass is 9.91. The van der Waals surface area contributed by atoms with E-state index >= 15 is 9.59 Å². The average molecular weight is 1220 g/mol. The van der Waals surface area contributed by atoms with E-state index in [-0.39, 0.29) is 68.1 Å². The lowest BCUT2D eigenvalue weighted by Gasteiger charge is -2.41. The highest BCUT2D eigenvalue weighted by atomic mass is 16.3. The third kappa shape index (κ3) is 22.3. The van der Waals surface area contributed by atoms with Crippen LogP contribution in [0.25, 0.3) is 0 Å². The summed E-state index contributed by atoms with van der Waals surface area (Å²) in [7, 11) is 10.2. The lowest BCUT2D eigenvalue weighted by Crippen LogP contribution is -2.63. The first-order valence-corrected chi connectivity index (χ1v) is 31.0. The molecule has 0 aromatic heterocycles. The average Bonchev–Trinajstić information content (AvgIpc) is 2.09. The molecule has 86 heavy (non-hydrogen) atoms. The summed E-state index contributed by atoms with van der Waals surface area (Å²) in [5.74, 6) is -9.07. The normalized spacial score (nSPS) is 27.1. The van der Waals surface area contributed by atoms with Crippen molar-refractivity contribution < 1.29 is 57.8 Å². The van der Waals surface area contributed by atoms with E-state index in [1.54, 1.807) is 66.5 Å². The van der Waals surface area contributed by atoms with Gasteiger partial charge in [-0.15, -0.1) is 0 Å². The molecule has 23 nitrogen and oxygen atoms in total. The molecule has 0 aromatic rings. The van der Waals surface area contributed by atoms with Gasteiger partial charge in [-0.2, -0.15) is 0 Å². The van der Waals surface area contributed by atoms with Gasteiger partial charge in [-0.1, -0.05) is 109 Å². The number of aliphatic hydroxyl groups excluding tert-OH is 1. The molecule has 0 bridgehead atoms. The van der Waals surface area contributed by atoms with Gasteiger partial charge in [0.2, 0.25) is 59.1 Å². The molecule has 0 aliphatic carbocycles. The summed E-state index contributed by atoms with van der Waals surface area (Å²) in [4.78, 5) is 168. The van der Waals surface area contributed by atoms with Gasteiger partial charge in [0.25, 0.3) is 0 Å². The first-order chi connectivity index (χ1) is 39.7. The molecular weight excluding hydrogens is 1100 g/mol. The molecule has 1 aliphatic rings. The third-order valence-electron chi connectivity index (χ3n) is 16.3. The predicted molar refractivity (Wildman–Crippen MR) is 333 cm³/mol. The van der Waals surface area contributed by atoms with Crippen LogP contribution in [-0.2, 0) is 52.7 Å². The second-order valence-corrected chi connectivity index (χ2v) is 26.5. The number of nitrogens with one attached hydrogen (secondary N) is 4. The number of rotatable bonds is 15. The zero-order valence-electron chi connectivity index (χ0n) is 56.8. The molecule has 0 radical (unpaired) electrons. The van der Waals surface area contributed by atoms with Crippen LogP contribution >= 0.6 is 0 Å². The number of hydrogen-bond donors (Lipinski definition) is 5. The Bertz CT molecular complexity index is 2340. The maximum absolute atomic E-state index is 15.1. The molecule has 0 saturated carbocycles. The number of likely N-dealkylation sites (N-methyl/N-ethyl adjacent to an activating group) is 7. The van der Waals surface area contributed by atoms with E-state index in [9.17, 15) is 48.3 Å². The van der Waals surface area contributed by atoms with Crippen LogP contribution in [0.1, 0.15) is 156 Å². The van der Waals surface area contributed by atoms with Gasteiger partial charge in [0, 0.05) is 42.3 Å². The first-order valence-electron chi connectivity index (χ1n) is 31.0. The number of Topliss-reactive ketones (excluding diaryl/α,β-unsaturated/α-hetero) is 1. The molecule has 1 fully saturated rings. The summed E-state index contributed by atoms with van der Waals surface area (Å²) in [6.45, 7) is 29.3. The molecule has 1 aliphatic heterocycles. The van der Waals surface area contributed by atoms with Crippen molar-refractivity contribution in [3.63, 3.8) is 0 Å². The quantitative estimate of drug-likeness (QED) is 0.148. The molecule has 5 N–H and O–H groups in total. The van der Waals surface area contributed by atoms with Gasteiger partial charge in [-0.05, 0) is 108 Å². The molecule has 23 heteroatoms. The standard InChI is InChI=1S/C63H113N11O12/c1-25-27-28-41(15)54(77)53-58(81)66-44(26-2)60(83)69(19)34-50(76)70(20)46(30-36(5)6)57(80)67-51(39(11)12)62(85)72(22)47(31-37(7)8)56(79)64-42(16)55(78)65-43(17)59(82)71(21)45(29-35(3)4)49(75)33-68(18)48(32-38(9)10)61(84)73(23)52(40(13)14)63(86)74(53)24/h25,27,35-48,51-54,77H,26,28-34H2,1-24H3,(H,64,79)(H,65,78)(H,66,81)(H,67,80). The molecular formula is C63H113N11O12. The number of allylic oxidation sites excluding steroid dienone is 2. The molecule has 12 atom stereocenters. The second-order valence-electron chi connectivity index (χ2n) is 26.5. The van der Waals surface area contributed by atoms with Crippen molar-refractivity contribution in [1.29, 1.82) is 0 Å². The molecule has 1 saturated heterocycles. The number of carbonyl (C=O) groups excluding carboxylic acids is 11. The minimum atomic E-state index is -1.59. The van der Waals surface area contributed by atoms with Crippen molar-refractivity contribution in [1.82, 2.24) is 55.6 Å². The van der Waals surface area contributed by atoms with Gasteiger partial charge in [0.15, 0.2) is 5.78 Å². The highest BCUT2D eigenvalue weighted by molar-refractivity contribution is 5.99. The van der Waals surface area contributed by atoms with Crippen molar-refractivity contribution in [2.75, 3.05) is 62.4 Å². The fourth-order valence-corrected chi connectivity index (χ4v) is 10.9. The Labute approximate surface area is 515 Å². The van der Waals surface area contributed by atoms with Crippen LogP contribution in [-0.4, -0.2) is 233 Å². The number of ketones is 1. The van der Waals surface area contributed by atoms with Gasteiger partial charge in [0.05, 0.1) is 31.3 Å². The minimum absolute atomic E-state index is 0.0298. The number of hydrogen-bond acceptors (Lipinski definition) is 13. The zero-order valence-corrected chi connectivity index (χ0v) is 56.8. The molecule has 12 unspecified atom stereocenters. The van der Waals surface area contributed by atoms with E-state index in [4.69, 9.17) is 0 Å². The van der Waals surface area contributed by atoms with Crippen LogP contribution in [0.15, 0.2) is 12.2 Å². The van der Waals surface area contributed by atoms with E-state index in [0.717, 1.165) is 9.80 Å². The first kappa shape index (κ1) is 78.0. The topological polar surface area (TPSA) is 279 Å². The van der Waals surface area contributed by atoms with Crippen molar-refractivity contribution in [2.24, 2.45) is 41.4 Å². The molecule has 0 aromatic carbocycles. The highest BCUT2D eigenvalue weighted by Gasteiger charge is 2.45. The minimum Gasteiger partial charge on any atom is -0.390 e. The number of amides is 10. The smallest absolute Gasteiger partial charge is 0.246 e. The summed E-state index contributed by atoms with van der Waals surface area (Å²) < 4.78 is 0. The summed E-state index contributed by atoms with van der Waals surface area (Å²) in [6, 6.07) is -11.8.